The lowest BCUT2D eigenvalue weighted by Crippen LogP contribution is -2.39. The third-order valence-electron chi connectivity index (χ3n) is 6.56. The summed E-state index contributed by atoms with van der Waals surface area (Å²) in [5.74, 6) is -0.574. The van der Waals surface area contributed by atoms with Crippen LogP contribution in [-0.4, -0.2) is 52.5 Å². The summed E-state index contributed by atoms with van der Waals surface area (Å²) >= 11 is 0. The zero-order valence-corrected chi connectivity index (χ0v) is 22.6. The van der Waals surface area contributed by atoms with Crippen molar-refractivity contribution in [3.8, 4) is 17.0 Å². The highest BCUT2D eigenvalue weighted by Crippen LogP contribution is 2.43. The molecule has 2 unspecified atom stereocenters. The van der Waals surface area contributed by atoms with Crippen molar-refractivity contribution in [2.45, 2.75) is 85.6 Å². The SMILES string of the molecule is CCC(F)COc1ccc(-c2cnc(C)c(C(OC(C)(C)C)C(=O)O)c2N2CCC(C)(C)CC2)nc1. The minimum absolute atomic E-state index is 0.0208. The summed E-state index contributed by atoms with van der Waals surface area (Å²) in [7, 11) is 0. The Hall–Kier alpha value is -2.74. The van der Waals surface area contributed by atoms with E-state index < -0.39 is 23.8 Å². The number of aromatic nitrogens is 2. The van der Waals surface area contributed by atoms with Crippen molar-refractivity contribution in [3.05, 3.63) is 35.8 Å². The number of carboxylic acid groups (broad SMARTS) is 1. The molecule has 1 fully saturated rings. The number of aryl methyl sites for hydroxylation is 1. The first kappa shape index (κ1) is 27.8. The Morgan fingerprint density at radius 1 is 1.19 bits per heavy atom. The van der Waals surface area contributed by atoms with Gasteiger partial charge >= 0.3 is 5.97 Å². The fourth-order valence-corrected chi connectivity index (χ4v) is 4.30. The molecule has 0 spiro atoms. The van der Waals surface area contributed by atoms with E-state index in [1.807, 2.05) is 33.8 Å². The molecule has 3 heterocycles. The van der Waals surface area contributed by atoms with Gasteiger partial charge in [0.2, 0.25) is 0 Å². The molecule has 0 saturated carbocycles. The fraction of sp³-hybridized carbons (Fsp3) is 0.607. The predicted octanol–water partition coefficient (Wildman–Crippen LogP) is 6.15. The lowest BCUT2D eigenvalue weighted by atomic mass is 9.82. The third kappa shape index (κ3) is 6.93. The lowest BCUT2D eigenvalue weighted by Gasteiger charge is -2.40. The second kappa shape index (κ2) is 11.1. The van der Waals surface area contributed by atoms with E-state index in [1.165, 1.54) is 0 Å². The molecule has 1 aliphatic heterocycles. The van der Waals surface area contributed by atoms with Crippen LogP contribution >= 0.6 is 0 Å². The average Bonchev–Trinajstić information content (AvgIpc) is 2.81. The lowest BCUT2D eigenvalue weighted by molar-refractivity contribution is -0.160. The number of nitrogens with zero attached hydrogens (tertiary/aromatic N) is 3. The van der Waals surface area contributed by atoms with Crippen LogP contribution in [0.2, 0.25) is 0 Å². The molecule has 7 nitrogen and oxygen atoms in total. The minimum Gasteiger partial charge on any atom is -0.489 e. The van der Waals surface area contributed by atoms with Gasteiger partial charge in [-0.3, -0.25) is 9.97 Å². The first-order valence-electron chi connectivity index (χ1n) is 12.7. The van der Waals surface area contributed by atoms with Crippen LogP contribution in [0.1, 0.15) is 78.2 Å². The van der Waals surface area contributed by atoms with Crippen molar-refractivity contribution < 1.29 is 23.8 Å². The Morgan fingerprint density at radius 3 is 2.39 bits per heavy atom. The highest BCUT2D eigenvalue weighted by molar-refractivity contribution is 5.85. The molecule has 1 saturated heterocycles. The molecule has 0 aliphatic carbocycles. The van der Waals surface area contributed by atoms with Gasteiger partial charge < -0.3 is 19.5 Å². The fourth-order valence-electron chi connectivity index (χ4n) is 4.30. The summed E-state index contributed by atoms with van der Waals surface area (Å²) in [4.78, 5) is 23.9. The number of aliphatic carboxylic acids is 1. The zero-order chi connectivity index (χ0) is 26.7. The average molecular weight is 502 g/mol. The van der Waals surface area contributed by atoms with E-state index in [-0.39, 0.29) is 12.0 Å². The summed E-state index contributed by atoms with van der Waals surface area (Å²) in [6.45, 7) is 15.2. The number of hydrogen-bond acceptors (Lipinski definition) is 6. The van der Waals surface area contributed by atoms with Crippen molar-refractivity contribution >= 4 is 11.7 Å². The number of alkyl halides is 1. The number of anilines is 1. The van der Waals surface area contributed by atoms with Gasteiger partial charge in [-0.2, -0.15) is 0 Å². The summed E-state index contributed by atoms with van der Waals surface area (Å²) in [5.41, 5.74) is 2.90. The number of pyridine rings is 2. The molecular weight excluding hydrogens is 461 g/mol. The second-order valence-electron chi connectivity index (χ2n) is 11.3. The molecule has 0 amide bonds. The number of carbonyl (C=O) groups is 1. The molecule has 198 valence electrons. The summed E-state index contributed by atoms with van der Waals surface area (Å²) in [6, 6.07) is 3.57. The van der Waals surface area contributed by atoms with Crippen LogP contribution in [-0.2, 0) is 9.53 Å². The van der Waals surface area contributed by atoms with Crippen LogP contribution in [0.4, 0.5) is 10.1 Å². The van der Waals surface area contributed by atoms with E-state index in [0.29, 0.717) is 29.1 Å². The molecule has 2 aromatic rings. The number of hydrogen-bond donors (Lipinski definition) is 1. The first-order valence-corrected chi connectivity index (χ1v) is 12.7. The minimum atomic E-state index is -1.18. The van der Waals surface area contributed by atoms with E-state index >= 15 is 0 Å². The number of halogens is 1. The Labute approximate surface area is 214 Å². The van der Waals surface area contributed by atoms with E-state index in [1.54, 1.807) is 25.4 Å². The molecule has 0 radical (unpaired) electrons. The van der Waals surface area contributed by atoms with Gasteiger partial charge in [-0.15, -0.1) is 0 Å². The predicted molar refractivity (Wildman–Crippen MR) is 139 cm³/mol. The number of carboxylic acids is 1. The standard InChI is InChI=1S/C28H40FN3O4/c1-8-19(29)17-35-20-9-10-22(31-15-20)21-16-30-18(2)23(25(26(33)34)36-27(3,4)5)24(21)32-13-11-28(6,7)12-14-32/h9-10,15-16,19,25H,8,11-14,17H2,1-7H3,(H,33,34). The van der Waals surface area contributed by atoms with Crippen molar-refractivity contribution in [3.63, 3.8) is 0 Å². The Kier molecular flexibility index (Phi) is 8.59. The van der Waals surface area contributed by atoms with Crippen LogP contribution in [0.3, 0.4) is 0 Å². The molecule has 36 heavy (non-hydrogen) atoms. The third-order valence-corrected chi connectivity index (χ3v) is 6.56. The summed E-state index contributed by atoms with van der Waals surface area (Å²) in [6.07, 6.45) is 3.46. The van der Waals surface area contributed by atoms with Gasteiger partial charge in [0.05, 0.1) is 23.2 Å². The Bertz CT molecular complexity index is 1040. The molecule has 0 aromatic carbocycles. The van der Waals surface area contributed by atoms with Crippen LogP contribution in [0.15, 0.2) is 24.5 Å². The molecule has 8 heteroatoms. The largest absolute Gasteiger partial charge is 0.489 e. The van der Waals surface area contributed by atoms with Gasteiger partial charge in [-0.05, 0) is 64.5 Å². The molecular formula is C28H40FN3O4. The number of ether oxygens (including phenoxy) is 2. The van der Waals surface area contributed by atoms with Crippen LogP contribution in [0.5, 0.6) is 5.75 Å². The van der Waals surface area contributed by atoms with Crippen molar-refractivity contribution in [2.75, 3.05) is 24.6 Å². The molecule has 0 bridgehead atoms. The summed E-state index contributed by atoms with van der Waals surface area (Å²) < 4.78 is 25.2. The Morgan fingerprint density at radius 2 is 1.86 bits per heavy atom. The molecule has 2 atom stereocenters. The molecule has 2 aromatic heterocycles. The second-order valence-corrected chi connectivity index (χ2v) is 11.3. The van der Waals surface area contributed by atoms with Crippen LogP contribution < -0.4 is 9.64 Å². The van der Waals surface area contributed by atoms with Gasteiger partial charge in [0.1, 0.15) is 18.5 Å². The van der Waals surface area contributed by atoms with E-state index in [4.69, 9.17) is 9.47 Å². The summed E-state index contributed by atoms with van der Waals surface area (Å²) in [5, 5.41) is 10.2. The maximum absolute atomic E-state index is 13.6. The normalized spacial score (nSPS) is 17.5. The quantitative estimate of drug-likeness (QED) is 0.441. The van der Waals surface area contributed by atoms with E-state index in [9.17, 15) is 14.3 Å². The maximum Gasteiger partial charge on any atom is 0.337 e. The van der Waals surface area contributed by atoms with Gasteiger partial charge in [0.25, 0.3) is 0 Å². The van der Waals surface area contributed by atoms with Crippen molar-refractivity contribution in [1.82, 2.24) is 9.97 Å². The molecule has 3 rings (SSSR count). The highest BCUT2D eigenvalue weighted by atomic mass is 19.1. The van der Waals surface area contributed by atoms with E-state index in [2.05, 4.69) is 28.7 Å². The first-order chi connectivity index (χ1) is 16.8. The van der Waals surface area contributed by atoms with Gasteiger partial charge in [-0.1, -0.05) is 20.8 Å². The zero-order valence-electron chi connectivity index (χ0n) is 22.6. The number of rotatable bonds is 9. The van der Waals surface area contributed by atoms with Crippen LogP contribution in [0.25, 0.3) is 11.3 Å². The maximum atomic E-state index is 13.6. The Balaban J connectivity index is 2.10. The van der Waals surface area contributed by atoms with Crippen molar-refractivity contribution in [2.24, 2.45) is 5.41 Å². The molecule has 1 aliphatic rings. The molecule has 1 N–H and O–H groups in total. The van der Waals surface area contributed by atoms with E-state index in [0.717, 1.165) is 37.2 Å². The number of piperidine rings is 1. The van der Waals surface area contributed by atoms with Gasteiger partial charge in [-0.25, -0.2) is 9.18 Å². The van der Waals surface area contributed by atoms with Crippen molar-refractivity contribution in [1.29, 1.82) is 0 Å². The smallest absolute Gasteiger partial charge is 0.337 e. The van der Waals surface area contributed by atoms with Gasteiger partial charge in [0, 0.05) is 36.1 Å². The topological polar surface area (TPSA) is 84.8 Å². The monoisotopic (exact) mass is 501 g/mol. The highest BCUT2D eigenvalue weighted by Gasteiger charge is 2.36. The van der Waals surface area contributed by atoms with Crippen LogP contribution in [0, 0.1) is 12.3 Å². The van der Waals surface area contributed by atoms with Gasteiger partial charge in [0.15, 0.2) is 6.10 Å².